The summed E-state index contributed by atoms with van der Waals surface area (Å²) >= 11 is 1.50. The first-order valence-corrected chi connectivity index (χ1v) is 12.0. The Labute approximate surface area is 192 Å². The van der Waals surface area contributed by atoms with E-state index >= 15 is 0 Å². The SMILES string of the molecule is C[N+](C)(c1ccc(Nc2cc(NC3CCC(N)CC3)nc3c(Br)cnn23)cc1)S(=O)O. The van der Waals surface area contributed by atoms with Gasteiger partial charge in [-0.15, -0.1) is 0 Å². The van der Waals surface area contributed by atoms with Crippen LogP contribution in [-0.4, -0.2) is 49.5 Å². The van der Waals surface area contributed by atoms with Gasteiger partial charge in [-0.2, -0.15) is 17.7 Å². The summed E-state index contributed by atoms with van der Waals surface area (Å²) in [6, 6.07) is 10.0. The van der Waals surface area contributed by atoms with Gasteiger partial charge in [-0.1, -0.05) is 0 Å². The quantitative estimate of drug-likeness (QED) is 0.296. The predicted octanol–water partition coefficient (Wildman–Crippen LogP) is 3.62. The van der Waals surface area contributed by atoms with Gasteiger partial charge in [-0.3, -0.25) is 4.55 Å². The number of hydrogen-bond donors (Lipinski definition) is 4. The zero-order valence-electron chi connectivity index (χ0n) is 17.5. The molecule has 3 aromatic rings. The standard InChI is InChI=1S/C20H26BrN7O2S/c1-28(2,31(29)30)16-9-7-15(8-10-16)25-19-11-18(24-14-5-3-13(22)4-6-14)26-20-17(21)12-23-27(19)20/h7-14,25H,3-6,22H2,1-2H3,(H-,24,26,29,30)/p+1. The molecule has 1 aliphatic carbocycles. The Hall–Kier alpha value is -2.05. The largest absolute Gasteiger partial charge is 0.367 e. The minimum atomic E-state index is -2.02. The van der Waals surface area contributed by atoms with E-state index in [-0.39, 0.29) is 3.89 Å². The molecule has 0 amide bonds. The topological polar surface area (TPSA) is 118 Å². The Morgan fingerprint density at radius 2 is 1.90 bits per heavy atom. The molecule has 1 fully saturated rings. The molecule has 11 heteroatoms. The van der Waals surface area contributed by atoms with Crippen molar-refractivity contribution < 1.29 is 8.76 Å². The molecular formula is C20H27BrN7O2S+. The van der Waals surface area contributed by atoms with Gasteiger partial charge in [0.05, 0.1) is 24.8 Å². The number of aromatic nitrogens is 3. The fourth-order valence-corrected chi connectivity index (χ4v) is 4.36. The van der Waals surface area contributed by atoms with E-state index < -0.39 is 11.3 Å². The summed E-state index contributed by atoms with van der Waals surface area (Å²) in [7, 11) is 3.37. The lowest BCUT2D eigenvalue weighted by Gasteiger charge is -2.27. The van der Waals surface area contributed by atoms with Gasteiger partial charge in [0.25, 0.3) is 0 Å². The number of anilines is 3. The van der Waals surface area contributed by atoms with Crippen molar-refractivity contribution in [2.24, 2.45) is 5.73 Å². The summed E-state index contributed by atoms with van der Waals surface area (Å²) < 4.78 is 23.5. The summed E-state index contributed by atoms with van der Waals surface area (Å²) in [5.41, 5.74) is 8.31. The molecule has 5 N–H and O–H groups in total. The molecule has 1 unspecified atom stereocenters. The van der Waals surface area contributed by atoms with E-state index in [0.29, 0.717) is 17.7 Å². The van der Waals surface area contributed by atoms with Crippen LogP contribution in [0.4, 0.5) is 23.0 Å². The van der Waals surface area contributed by atoms with Crippen molar-refractivity contribution in [3.63, 3.8) is 0 Å². The van der Waals surface area contributed by atoms with Crippen molar-refractivity contribution in [3.05, 3.63) is 41.0 Å². The molecule has 1 saturated carbocycles. The van der Waals surface area contributed by atoms with Crippen molar-refractivity contribution in [2.75, 3.05) is 24.7 Å². The molecule has 31 heavy (non-hydrogen) atoms. The molecule has 0 saturated heterocycles. The third kappa shape index (κ3) is 4.75. The summed E-state index contributed by atoms with van der Waals surface area (Å²) in [6.07, 6.45) is 5.80. The second-order valence-corrected chi connectivity index (χ2v) is 10.5. The predicted molar refractivity (Wildman–Crippen MR) is 129 cm³/mol. The normalized spacial score (nSPS) is 20.5. The molecule has 2 aromatic heterocycles. The second kappa shape index (κ2) is 8.83. The van der Waals surface area contributed by atoms with Crippen LogP contribution >= 0.6 is 15.9 Å². The number of halogens is 1. The molecule has 0 radical (unpaired) electrons. The highest BCUT2D eigenvalue weighted by Gasteiger charge is 2.26. The van der Waals surface area contributed by atoms with E-state index in [4.69, 9.17) is 10.7 Å². The average Bonchev–Trinajstić information content (AvgIpc) is 3.11. The monoisotopic (exact) mass is 508 g/mol. The van der Waals surface area contributed by atoms with Crippen molar-refractivity contribution in [1.29, 1.82) is 0 Å². The maximum absolute atomic E-state index is 11.6. The Bertz CT molecular complexity index is 1090. The number of rotatable bonds is 6. The Kier molecular flexibility index (Phi) is 6.31. The Morgan fingerprint density at radius 3 is 2.55 bits per heavy atom. The number of fused-ring (bicyclic) bond motifs is 1. The van der Waals surface area contributed by atoms with Gasteiger partial charge in [0.15, 0.2) is 5.65 Å². The van der Waals surface area contributed by atoms with Crippen LogP contribution in [0.5, 0.6) is 0 Å². The van der Waals surface area contributed by atoms with Gasteiger partial charge in [0.2, 0.25) is 0 Å². The Balaban J connectivity index is 1.60. The molecule has 0 bridgehead atoms. The molecule has 1 aromatic carbocycles. The minimum absolute atomic E-state index is 0.134. The van der Waals surface area contributed by atoms with Crippen LogP contribution in [0.2, 0.25) is 0 Å². The van der Waals surface area contributed by atoms with Gasteiger partial charge in [0, 0.05) is 36.0 Å². The van der Waals surface area contributed by atoms with Crippen molar-refractivity contribution >= 4 is 55.9 Å². The summed E-state index contributed by atoms with van der Waals surface area (Å²) in [6.45, 7) is 0. The van der Waals surface area contributed by atoms with Crippen LogP contribution in [0, 0.1) is 0 Å². The highest BCUT2D eigenvalue weighted by atomic mass is 79.9. The summed E-state index contributed by atoms with van der Waals surface area (Å²) in [5.74, 6) is 1.54. The van der Waals surface area contributed by atoms with Crippen LogP contribution in [-0.2, 0) is 11.3 Å². The molecular weight excluding hydrogens is 482 g/mol. The van der Waals surface area contributed by atoms with E-state index in [1.165, 1.54) is 0 Å². The van der Waals surface area contributed by atoms with E-state index in [0.717, 1.165) is 53.2 Å². The molecule has 0 aliphatic heterocycles. The first kappa shape index (κ1) is 22.2. The lowest BCUT2D eigenvalue weighted by molar-refractivity contribution is 0.410. The van der Waals surface area contributed by atoms with E-state index in [1.54, 1.807) is 24.8 Å². The number of quaternary nitrogens is 1. The molecule has 0 spiro atoms. The van der Waals surface area contributed by atoms with E-state index in [2.05, 4.69) is 31.7 Å². The van der Waals surface area contributed by atoms with Gasteiger partial charge >= 0.3 is 11.3 Å². The van der Waals surface area contributed by atoms with Crippen molar-refractivity contribution in [1.82, 2.24) is 18.5 Å². The fourth-order valence-electron chi connectivity index (χ4n) is 3.71. The van der Waals surface area contributed by atoms with Crippen LogP contribution < -0.4 is 20.3 Å². The van der Waals surface area contributed by atoms with E-state index in [1.807, 2.05) is 30.3 Å². The maximum atomic E-state index is 11.6. The lowest BCUT2D eigenvalue weighted by Crippen LogP contribution is -2.41. The van der Waals surface area contributed by atoms with Gasteiger partial charge < -0.3 is 16.4 Å². The number of hydrogen-bond acceptors (Lipinski definition) is 6. The van der Waals surface area contributed by atoms with Gasteiger partial charge in [-0.05, 0) is 53.7 Å². The molecule has 2 heterocycles. The lowest BCUT2D eigenvalue weighted by atomic mass is 9.92. The van der Waals surface area contributed by atoms with Crippen molar-refractivity contribution in [2.45, 2.75) is 37.8 Å². The minimum Gasteiger partial charge on any atom is -0.367 e. The number of benzene rings is 1. The number of nitrogens with zero attached hydrogens (tertiary/aromatic N) is 4. The van der Waals surface area contributed by atoms with E-state index in [9.17, 15) is 8.76 Å². The van der Waals surface area contributed by atoms with Crippen LogP contribution in [0.3, 0.4) is 0 Å². The zero-order chi connectivity index (χ0) is 22.2. The van der Waals surface area contributed by atoms with Crippen LogP contribution in [0.25, 0.3) is 5.65 Å². The first-order chi connectivity index (χ1) is 14.7. The van der Waals surface area contributed by atoms with Gasteiger partial charge in [0.1, 0.15) is 17.3 Å². The van der Waals surface area contributed by atoms with Crippen LogP contribution in [0.15, 0.2) is 41.0 Å². The maximum Gasteiger partial charge on any atom is 0.363 e. The summed E-state index contributed by atoms with van der Waals surface area (Å²) in [4.78, 5) is 4.72. The zero-order valence-corrected chi connectivity index (χ0v) is 19.9. The Morgan fingerprint density at radius 1 is 1.23 bits per heavy atom. The molecule has 1 aliphatic rings. The highest BCUT2D eigenvalue weighted by molar-refractivity contribution is 9.10. The third-order valence-corrected chi connectivity index (χ3v) is 7.26. The third-order valence-electron chi connectivity index (χ3n) is 5.70. The van der Waals surface area contributed by atoms with Gasteiger partial charge in [-0.25, -0.2) is 4.98 Å². The fraction of sp³-hybridized carbons (Fsp3) is 0.400. The smallest absolute Gasteiger partial charge is 0.363 e. The van der Waals surface area contributed by atoms with Crippen molar-refractivity contribution in [3.8, 4) is 0 Å². The molecule has 166 valence electrons. The number of nitrogens with two attached hydrogens (primary N) is 1. The highest BCUT2D eigenvalue weighted by Crippen LogP contribution is 2.28. The van der Waals surface area contributed by atoms with Crippen LogP contribution in [0.1, 0.15) is 25.7 Å². The first-order valence-electron chi connectivity index (χ1n) is 10.1. The molecule has 4 rings (SSSR count). The molecule has 9 nitrogen and oxygen atoms in total. The summed E-state index contributed by atoms with van der Waals surface area (Å²) in [5, 5.41) is 11.3. The average molecular weight is 509 g/mol. The second-order valence-electron chi connectivity index (χ2n) is 8.26. The molecule has 1 atom stereocenters. The number of nitrogens with one attached hydrogen (secondary N) is 2.